The first kappa shape index (κ1) is 29.0. The molecule has 3 aromatic rings. The van der Waals surface area contributed by atoms with Crippen molar-refractivity contribution in [1.82, 2.24) is 10.2 Å². The van der Waals surface area contributed by atoms with E-state index in [0.717, 1.165) is 43.8 Å². The molecule has 0 aliphatic carbocycles. The predicted molar refractivity (Wildman–Crippen MR) is 155 cm³/mol. The molecule has 9 heteroatoms. The van der Waals surface area contributed by atoms with Crippen LogP contribution in [0.5, 0.6) is 11.5 Å². The topological polar surface area (TPSA) is 106 Å². The highest BCUT2D eigenvalue weighted by Gasteiger charge is 2.26. The van der Waals surface area contributed by atoms with Crippen LogP contribution >= 0.6 is 0 Å². The number of amides is 2. The van der Waals surface area contributed by atoms with Gasteiger partial charge in [0, 0.05) is 37.6 Å². The molecule has 1 heterocycles. The zero-order valence-electron chi connectivity index (χ0n) is 23.8. The van der Waals surface area contributed by atoms with Gasteiger partial charge in [-0.1, -0.05) is 45.0 Å². The zero-order chi connectivity index (χ0) is 28.9. The van der Waals surface area contributed by atoms with E-state index in [2.05, 4.69) is 15.5 Å². The lowest BCUT2D eigenvalue weighted by atomic mass is 9.85. The fourth-order valence-corrected chi connectivity index (χ4v) is 4.68. The van der Waals surface area contributed by atoms with Crippen LogP contribution in [0.1, 0.15) is 47.1 Å². The Kier molecular flexibility index (Phi) is 9.07. The maximum absolute atomic E-state index is 13.5. The lowest BCUT2D eigenvalue weighted by Crippen LogP contribution is -2.38. The normalized spacial score (nSPS) is 14.0. The quantitative estimate of drug-likeness (QED) is 0.308. The van der Waals surface area contributed by atoms with Crippen molar-refractivity contribution < 1.29 is 28.6 Å². The molecule has 0 aromatic heterocycles. The van der Waals surface area contributed by atoms with E-state index in [0.29, 0.717) is 17.7 Å². The molecule has 2 N–H and O–H groups in total. The van der Waals surface area contributed by atoms with Gasteiger partial charge in [0.2, 0.25) is 0 Å². The summed E-state index contributed by atoms with van der Waals surface area (Å²) < 4.78 is 17.0. The minimum Gasteiger partial charge on any atom is -0.494 e. The number of morpholine rings is 1. The third-order valence-electron chi connectivity index (χ3n) is 6.98. The highest BCUT2D eigenvalue weighted by Crippen LogP contribution is 2.36. The van der Waals surface area contributed by atoms with Crippen LogP contribution in [0.25, 0.3) is 10.8 Å². The molecule has 0 bridgehead atoms. The van der Waals surface area contributed by atoms with E-state index < -0.39 is 11.7 Å². The van der Waals surface area contributed by atoms with Crippen molar-refractivity contribution >= 4 is 34.1 Å². The summed E-state index contributed by atoms with van der Waals surface area (Å²) in [6.07, 6.45) is 0. The summed E-state index contributed by atoms with van der Waals surface area (Å²) in [6.45, 7) is 10.5. The number of hydrogen-bond acceptors (Lipinski definition) is 7. The minimum atomic E-state index is -0.835. The van der Waals surface area contributed by atoms with Crippen molar-refractivity contribution in [3.05, 3.63) is 65.2 Å². The van der Waals surface area contributed by atoms with Crippen LogP contribution in [0.3, 0.4) is 0 Å². The first-order valence-electron chi connectivity index (χ1n) is 13.4. The molecule has 0 spiro atoms. The standard InChI is InChI=1S/C31H37N3O6/c1-31(2,3)20-18-24(29(36)32-4)28(38-5)25(19-20)33-30(37)27(35)23-10-11-26(22-9-7-6-8-21(22)23)40-17-14-34-12-15-39-16-13-34/h6-11,18-19H,12-17H2,1-5H3,(H,32,36)(H,33,37). The maximum Gasteiger partial charge on any atom is 0.296 e. The van der Waals surface area contributed by atoms with E-state index in [4.69, 9.17) is 14.2 Å². The highest BCUT2D eigenvalue weighted by molar-refractivity contribution is 6.48. The Labute approximate surface area is 234 Å². The zero-order valence-corrected chi connectivity index (χ0v) is 23.8. The number of ether oxygens (including phenoxy) is 3. The van der Waals surface area contributed by atoms with Crippen LogP contribution in [0, 0.1) is 0 Å². The lowest BCUT2D eigenvalue weighted by molar-refractivity contribution is -0.112. The van der Waals surface area contributed by atoms with Crippen molar-refractivity contribution in [2.24, 2.45) is 0 Å². The second-order valence-electron chi connectivity index (χ2n) is 10.7. The molecule has 40 heavy (non-hydrogen) atoms. The number of fused-ring (bicyclic) bond motifs is 1. The first-order chi connectivity index (χ1) is 19.1. The van der Waals surface area contributed by atoms with Crippen LogP contribution in [0.4, 0.5) is 5.69 Å². The molecular formula is C31H37N3O6. The molecule has 4 rings (SSSR count). The van der Waals surface area contributed by atoms with Gasteiger partial charge in [-0.2, -0.15) is 0 Å². The fraction of sp³-hybridized carbons (Fsp3) is 0.387. The molecule has 0 atom stereocenters. The van der Waals surface area contributed by atoms with Gasteiger partial charge in [0.15, 0.2) is 5.75 Å². The Balaban J connectivity index is 1.60. The molecule has 1 saturated heterocycles. The van der Waals surface area contributed by atoms with Crippen molar-refractivity contribution in [3.8, 4) is 11.5 Å². The number of nitrogens with zero attached hydrogens (tertiary/aromatic N) is 1. The molecule has 1 fully saturated rings. The van der Waals surface area contributed by atoms with E-state index in [1.807, 2.05) is 39.0 Å². The van der Waals surface area contributed by atoms with E-state index in [-0.39, 0.29) is 33.9 Å². The number of methoxy groups -OCH3 is 1. The Morgan fingerprint density at radius 3 is 2.33 bits per heavy atom. The lowest BCUT2D eigenvalue weighted by Gasteiger charge is -2.26. The van der Waals surface area contributed by atoms with Gasteiger partial charge in [-0.3, -0.25) is 19.3 Å². The Morgan fingerprint density at radius 2 is 1.68 bits per heavy atom. The van der Waals surface area contributed by atoms with Crippen LogP contribution in [-0.4, -0.2) is 76.1 Å². The fourth-order valence-electron chi connectivity index (χ4n) is 4.68. The number of Topliss-reactive ketones (excluding diaryl/α,β-unsaturated/α-hetero) is 1. The monoisotopic (exact) mass is 547 g/mol. The van der Waals surface area contributed by atoms with E-state index in [1.54, 1.807) is 30.3 Å². The number of ketones is 1. The molecule has 0 unspecified atom stereocenters. The van der Waals surface area contributed by atoms with E-state index in [1.165, 1.54) is 14.2 Å². The van der Waals surface area contributed by atoms with Gasteiger partial charge in [0.05, 0.1) is 31.6 Å². The van der Waals surface area contributed by atoms with Crippen molar-refractivity contribution in [3.63, 3.8) is 0 Å². The molecule has 212 valence electrons. The molecule has 0 saturated carbocycles. The molecule has 2 amide bonds. The number of anilines is 1. The number of carbonyl (C=O) groups is 3. The number of hydrogen-bond donors (Lipinski definition) is 2. The van der Waals surface area contributed by atoms with E-state index in [9.17, 15) is 14.4 Å². The number of benzene rings is 3. The third-order valence-corrected chi connectivity index (χ3v) is 6.98. The van der Waals surface area contributed by atoms with Gasteiger partial charge in [-0.15, -0.1) is 0 Å². The summed E-state index contributed by atoms with van der Waals surface area (Å²) in [5.74, 6) is -1.07. The first-order valence-corrected chi connectivity index (χ1v) is 13.4. The summed E-state index contributed by atoms with van der Waals surface area (Å²) in [5.41, 5.74) is 1.25. The smallest absolute Gasteiger partial charge is 0.296 e. The van der Waals surface area contributed by atoms with Gasteiger partial charge in [0.1, 0.15) is 12.4 Å². The highest BCUT2D eigenvalue weighted by atomic mass is 16.5. The SMILES string of the molecule is CNC(=O)c1cc(C(C)(C)C)cc(NC(=O)C(=O)c2ccc(OCCN3CCOCC3)c3ccccc23)c1OC. The van der Waals surface area contributed by atoms with Crippen LogP contribution in [0.15, 0.2) is 48.5 Å². The van der Waals surface area contributed by atoms with Gasteiger partial charge in [0.25, 0.3) is 17.6 Å². The average molecular weight is 548 g/mol. The molecule has 1 aliphatic rings. The second-order valence-corrected chi connectivity index (χ2v) is 10.7. The van der Waals surface area contributed by atoms with Crippen molar-refractivity contribution in [1.29, 1.82) is 0 Å². The van der Waals surface area contributed by atoms with Gasteiger partial charge < -0.3 is 24.8 Å². The summed E-state index contributed by atoms with van der Waals surface area (Å²) in [5, 5.41) is 6.67. The van der Waals surface area contributed by atoms with Gasteiger partial charge in [-0.25, -0.2) is 0 Å². The predicted octanol–water partition coefficient (Wildman–Crippen LogP) is 4.04. The molecule has 9 nitrogen and oxygen atoms in total. The number of nitrogens with one attached hydrogen (secondary N) is 2. The minimum absolute atomic E-state index is 0.183. The van der Waals surface area contributed by atoms with Crippen molar-refractivity contribution in [2.45, 2.75) is 26.2 Å². The van der Waals surface area contributed by atoms with E-state index >= 15 is 0 Å². The largest absolute Gasteiger partial charge is 0.494 e. The average Bonchev–Trinajstić information content (AvgIpc) is 2.96. The molecule has 0 radical (unpaired) electrons. The summed E-state index contributed by atoms with van der Waals surface area (Å²) in [4.78, 5) is 41.7. The molecule has 3 aromatic carbocycles. The van der Waals surface area contributed by atoms with Gasteiger partial charge >= 0.3 is 0 Å². The number of rotatable bonds is 9. The Morgan fingerprint density at radius 1 is 0.975 bits per heavy atom. The van der Waals surface area contributed by atoms with Crippen LogP contribution in [-0.2, 0) is 14.9 Å². The summed E-state index contributed by atoms with van der Waals surface area (Å²) >= 11 is 0. The maximum atomic E-state index is 13.5. The van der Waals surface area contributed by atoms with Crippen molar-refractivity contribution in [2.75, 3.05) is 58.9 Å². The number of carbonyl (C=O) groups excluding carboxylic acids is 3. The summed E-state index contributed by atoms with van der Waals surface area (Å²) in [6, 6.07) is 14.2. The Hall–Kier alpha value is -3.95. The van der Waals surface area contributed by atoms with Crippen LogP contribution < -0.4 is 20.1 Å². The third kappa shape index (κ3) is 6.43. The second kappa shape index (κ2) is 12.5. The Bertz CT molecular complexity index is 1410. The van der Waals surface area contributed by atoms with Gasteiger partial charge in [-0.05, 0) is 40.6 Å². The van der Waals surface area contributed by atoms with Crippen LogP contribution in [0.2, 0.25) is 0 Å². The molecule has 1 aliphatic heterocycles. The molecular weight excluding hydrogens is 510 g/mol. The summed E-state index contributed by atoms with van der Waals surface area (Å²) in [7, 11) is 2.94.